The molecule has 0 atom stereocenters. The van der Waals surface area contributed by atoms with E-state index in [0.29, 0.717) is 0 Å². The van der Waals surface area contributed by atoms with Gasteiger partial charge in [-0.15, -0.1) is 5.10 Å². The van der Waals surface area contributed by atoms with Crippen LogP contribution in [0.3, 0.4) is 0 Å². The lowest BCUT2D eigenvalue weighted by Crippen LogP contribution is -1.98. The Kier molecular flexibility index (Phi) is 3.48. The first kappa shape index (κ1) is 12.8. The maximum Gasteiger partial charge on any atom is 0.113 e. The van der Waals surface area contributed by atoms with Crippen LogP contribution in [0, 0.1) is 0 Å². The molecule has 0 radical (unpaired) electrons. The second kappa shape index (κ2) is 5.43. The van der Waals surface area contributed by atoms with Crippen molar-refractivity contribution in [3.05, 3.63) is 77.4 Å². The first-order valence-corrected chi connectivity index (χ1v) is 6.96. The van der Waals surface area contributed by atoms with Crippen molar-refractivity contribution < 1.29 is 0 Å². The van der Waals surface area contributed by atoms with E-state index in [1.165, 1.54) is 0 Å². The summed E-state index contributed by atoms with van der Waals surface area (Å²) in [5.41, 5.74) is 3.69. The number of hydrogen-bond acceptors (Lipinski definition) is 2. The molecule has 1 heterocycles. The molecule has 0 bridgehead atoms. The van der Waals surface area contributed by atoms with E-state index in [1.54, 1.807) is 4.68 Å². The monoisotopic (exact) mass is 325 g/mol. The molecule has 98 valence electrons. The molecule has 0 saturated carbocycles. The summed E-state index contributed by atoms with van der Waals surface area (Å²) in [6.45, 7) is 4.08. The van der Waals surface area contributed by atoms with Gasteiger partial charge in [-0.1, -0.05) is 70.2 Å². The molecule has 0 fully saturated rings. The van der Waals surface area contributed by atoms with Crippen LogP contribution in [0.15, 0.2) is 71.8 Å². The van der Waals surface area contributed by atoms with E-state index in [1.807, 2.05) is 60.8 Å². The Hall–Kier alpha value is -2.20. The van der Waals surface area contributed by atoms with E-state index >= 15 is 0 Å². The number of benzene rings is 2. The largest absolute Gasteiger partial charge is 0.220 e. The van der Waals surface area contributed by atoms with E-state index in [0.717, 1.165) is 27.0 Å². The molecule has 0 amide bonds. The number of halogens is 1. The van der Waals surface area contributed by atoms with Gasteiger partial charge < -0.3 is 0 Å². The van der Waals surface area contributed by atoms with Gasteiger partial charge in [-0.2, -0.15) is 0 Å². The zero-order valence-electron chi connectivity index (χ0n) is 10.7. The molecular formula is C16H12BrN3. The molecule has 0 aliphatic rings. The molecule has 2 aromatic carbocycles. The minimum atomic E-state index is 0.798. The van der Waals surface area contributed by atoms with Crippen LogP contribution in [-0.2, 0) is 0 Å². The SMILES string of the molecule is C=C(c1ccc(Br)cc1)n1cc(-c2ccccc2)nn1. The summed E-state index contributed by atoms with van der Waals surface area (Å²) in [6, 6.07) is 17.9. The van der Waals surface area contributed by atoms with Gasteiger partial charge >= 0.3 is 0 Å². The van der Waals surface area contributed by atoms with Crippen molar-refractivity contribution in [1.82, 2.24) is 15.0 Å². The van der Waals surface area contributed by atoms with Crippen LogP contribution in [0.1, 0.15) is 5.56 Å². The highest BCUT2D eigenvalue weighted by Gasteiger charge is 2.07. The van der Waals surface area contributed by atoms with Crippen LogP contribution >= 0.6 is 15.9 Å². The molecule has 0 unspecified atom stereocenters. The maximum atomic E-state index is 4.19. The lowest BCUT2D eigenvalue weighted by molar-refractivity contribution is 0.823. The lowest BCUT2D eigenvalue weighted by Gasteiger charge is -2.04. The normalized spacial score (nSPS) is 10.4. The predicted molar refractivity (Wildman–Crippen MR) is 84.0 cm³/mol. The molecule has 4 heteroatoms. The van der Waals surface area contributed by atoms with Gasteiger partial charge in [0, 0.05) is 10.0 Å². The molecule has 0 saturated heterocycles. The molecule has 20 heavy (non-hydrogen) atoms. The molecule has 3 nitrogen and oxygen atoms in total. The molecule has 3 rings (SSSR count). The Labute approximate surface area is 125 Å². The van der Waals surface area contributed by atoms with Gasteiger partial charge in [-0.3, -0.25) is 0 Å². The molecule has 1 aromatic heterocycles. The lowest BCUT2D eigenvalue weighted by atomic mass is 10.1. The van der Waals surface area contributed by atoms with Crippen molar-refractivity contribution in [1.29, 1.82) is 0 Å². The Balaban J connectivity index is 1.90. The third-order valence-corrected chi connectivity index (χ3v) is 3.55. The molecule has 3 aromatic rings. The third kappa shape index (κ3) is 2.56. The molecule has 0 aliphatic carbocycles. The maximum absolute atomic E-state index is 4.19. The smallest absolute Gasteiger partial charge is 0.113 e. The average Bonchev–Trinajstić information content (AvgIpc) is 2.98. The van der Waals surface area contributed by atoms with Gasteiger partial charge in [0.2, 0.25) is 0 Å². The fraction of sp³-hybridized carbons (Fsp3) is 0. The topological polar surface area (TPSA) is 30.7 Å². The van der Waals surface area contributed by atoms with Crippen LogP contribution < -0.4 is 0 Å². The quantitative estimate of drug-likeness (QED) is 0.721. The molecule has 0 aliphatic heterocycles. The number of nitrogens with zero attached hydrogens (tertiary/aromatic N) is 3. The van der Waals surface area contributed by atoms with Crippen LogP contribution in [-0.4, -0.2) is 15.0 Å². The third-order valence-electron chi connectivity index (χ3n) is 3.02. The summed E-state index contributed by atoms with van der Waals surface area (Å²) < 4.78 is 2.74. The summed E-state index contributed by atoms with van der Waals surface area (Å²) >= 11 is 3.42. The van der Waals surface area contributed by atoms with Gasteiger partial charge in [-0.25, -0.2) is 4.68 Å². The fourth-order valence-corrected chi connectivity index (χ4v) is 2.18. The Morgan fingerprint density at radius 1 is 1.00 bits per heavy atom. The highest BCUT2D eigenvalue weighted by Crippen LogP contribution is 2.20. The van der Waals surface area contributed by atoms with Crippen molar-refractivity contribution in [2.45, 2.75) is 0 Å². The second-order valence-corrected chi connectivity index (χ2v) is 5.28. The number of rotatable bonds is 3. The summed E-state index contributed by atoms with van der Waals surface area (Å²) in [5.74, 6) is 0. The average molecular weight is 326 g/mol. The van der Waals surface area contributed by atoms with Crippen molar-refractivity contribution in [2.24, 2.45) is 0 Å². The minimum absolute atomic E-state index is 0.798. The second-order valence-electron chi connectivity index (χ2n) is 4.37. The minimum Gasteiger partial charge on any atom is -0.220 e. The van der Waals surface area contributed by atoms with Gasteiger partial charge in [0.1, 0.15) is 5.69 Å². The predicted octanol–water partition coefficient (Wildman–Crippen LogP) is 4.23. The number of hydrogen-bond donors (Lipinski definition) is 0. The Morgan fingerprint density at radius 3 is 2.40 bits per heavy atom. The summed E-state index contributed by atoms with van der Waals surface area (Å²) in [4.78, 5) is 0. The van der Waals surface area contributed by atoms with E-state index in [-0.39, 0.29) is 0 Å². The zero-order chi connectivity index (χ0) is 13.9. The van der Waals surface area contributed by atoms with Crippen molar-refractivity contribution in [3.8, 4) is 11.3 Å². The summed E-state index contributed by atoms with van der Waals surface area (Å²) in [6.07, 6.45) is 1.89. The molecule has 0 spiro atoms. The van der Waals surface area contributed by atoms with Gasteiger partial charge in [0.05, 0.1) is 11.9 Å². The van der Waals surface area contributed by atoms with E-state index in [9.17, 15) is 0 Å². The van der Waals surface area contributed by atoms with E-state index in [4.69, 9.17) is 0 Å². The first-order valence-electron chi connectivity index (χ1n) is 6.17. The fourth-order valence-electron chi connectivity index (χ4n) is 1.91. The summed E-state index contributed by atoms with van der Waals surface area (Å²) in [7, 11) is 0. The highest BCUT2D eigenvalue weighted by atomic mass is 79.9. The highest BCUT2D eigenvalue weighted by molar-refractivity contribution is 9.10. The van der Waals surface area contributed by atoms with Crippen molar-refractivity contribution >= 4 is 21.6 Å². The van der Waals surface area contributed by atoms with Crippen LogP contribution in [0.5, 0.6) is 0 Å². The number of aromatic nitrogens is 3. The van der Waals surface area contributed by atoms with Gasteiger partial charge in [0.15, 0.2) is 0 Å². The standard InChI is InChI=1S/C16H12BrN3/c1-12(13-7-9-15(17)10-8-13)20-11-16(18-19-20)14-5-3-2-4-6-14/h2-11H,1H2. The zero-order valence-corrected chi connectivity index (χ0v) is 12.3. The van der Waals surface area contributed by atoms with Crippen LogP contribution in [0.4, 0.5) is 0 Å². The van der Waals surface area contributed by atoms with E-state index in [2.05, 4.69) is 32.8 Å². The van der Waals surface area contributed by atoms with E-state index < -0.39 is 0 Å². The van der Waals surface area contributed by atoms with Gasteiger partial charge in [0.25, 0.3) is 0 Å². The van der Waals surface area contributed by atoms with Crippen LogP contribution in [0.2, 0.25) is 0 Å². The first-order chi connectivity index (χ1) is 9.74. The molecule has 0 N–H and O–H groups in total. The molecular weight excluding hydrogens is 314 g/mol. The Morgan fingerprint density at radius 2 is 1.70 bits per heavy atom. The van der Waals surface area contributed by atoms with Crippen molar-refractivity contribution in [3.63, 3.8) is 0 Å². The summed E-state index contributed by atoms with van der Waals surface area (Å²) in [5, 5.41) is 8.34. The van der Waals surface area contributed by atoms with Gasteiger partial charge in [-0.05, 0) is 17.7 Å². The van der Waals surface area contributed by atoms with Crippen molar-refractivity contribution in [2.75, 3.05) is 0 Å². The Bertz CT molecular complexity index is 730. The van der Waals surface area contributed by atoms with Crippen LogP contribution in [0.25, 0.3) is 17.0 Å².